The van der Waals surface area contributed by atoms with Crippen LogP contribution in [0.2, 0.25) is 0 Å². The summed E-state index contributed by atoms with van der Waals surface area (Å²) in [6, 6.07) is 7.07. The summed E-state index contributed by atoms with van der Waals surface area (Å²) < 4.78 is 10.9. The summed E-state index contributed by atoms with van der Waals surface area (Å²) in [6.07, 6.45) is 2.64. The molecule has 0 atom stereocenters. The first-order chi connectivity index (χ1) is 13.7. The van der Waals surface area contributed by atoms with E-state index in [0.29, 0.717) is 17.9 Å². The molecule has 0 unspecified atom stereocenters. The third kappa shape index (κ3) is 4.07. The number of amides is 1. The van der Waals surface area contributed by atoms with Gasteiger partial charge in [0.25, 0.3) is 0 Å². The van der Waals surface area contributed by atoms with E-state index in [9.17, 15) is 4.79 Å². The molecule has 0 spiro atoms. The molecule has 4 rings (SSSR count). The van der Waals surface area contributed by atoms with Crippen molar-refractivity contribution in [1.29, 1.82) is 0 Å². The fourth-order valence-electron chi connectivity index (χ4n) is 3.54. The molecule has 8 heteroatoms. The van der Waals surface area contributed by atoms with E-state index in [1.807, 2.05) is 12.1 Å². The zero-order chi connectivity index (χ0) is 19.3. The minimum Gasteiger partial charge on any atom is -0.394 e. The Morgan fingerprint density at radius 1 is 1.21 bits per heavy atom. The van der Waals surface area contributed by atoms with Crippen molar-refractivity contribution < 1.29 is 18.9 Å². The maximum atomic E-state index is 11.2. The molecule has 2 aromatic rings. The van der Waals surface area contributed by atoms with E-state index in [-0.39, 0.29) is 0 Å². The van der Waals surface area contributed by atoms with Gasteiger partial charge in [-0.15, -0.1) is 0 Å². The molecule has 28 heavy (non-hydrogen) atoms. The predicted molar refractivity (Wildman–Crippen MR) is 103 cm³/mol. The maximum Gasteiger partial charge on any atom is 0.248 e. The molecule has 148 valence electrons. The summed E-state index contributed by atoms with van der Waals surface area (Å²) in [6.45, 7) is 4.79. The number of oxime groups is 1. The summed E-state index contributed by atoms with van der Waals surface area (Å²) >= 11 is 0. The lowest BCUT2D eigenvalue weighted by Gasteiger charge is -2.25. The quantitative estimate of drug-likeness (QED) is 0.602. The standard InChI is InChI=1S/C20H24N4O4/c21-20(25)15-6-4-14(5-7-15)18-16-2-1-3-17(19(16)28-23-18)22-27-13-10-24-8-11-26-12-9-24/h4-7H,1-3,8-13H2,(H2,21,25)/b22-17-. The average molecular weight is 384 g/mol. The second-order valence-corrected chi connectivity index (χ2v) is 6.96. The number of hydrogen-bond acceptors (Lipinski definition) is 7. The fourth-order valence-corrected chi connectivity index (χ4v) is 3.54. The normalized spacial score (nSPS) is 18.8. The van der Waals surface area contributed by atoms with E-state index in [1.165, 1.54) is 0 Å². The van der Waals surface area contributed by atoms with Gasteiger partial charge in [-0.3, -0.25) is 9.69 Å². The maximum absolute atomic E-state index is 11.2. The lowest BCUT2D eigenvalue weighted by Crippen LogP contribution is -2.38. The third-order valence-electron chi connectivity index (χ3n) is 5.11. The number of morpholine rings is 1. The summed E-state index contributed by atoms with van der Waals surface area (Å²) in [5.41, 5.74) is 9.29. The molecule has 1 aliphatic heterocycles. The van der Waals surface area contributed by atoms with Gasteiger partial charge in [-0.05, 0) is 31.4 Å². The Kier molecular flexibility index (Phi) is 5.68. The van der Waals surface area contributed by atoms with Gasteiger partial charge in [-0.2, -0.15) is 0 Å². The van der Waals surface area contributed by atoms with E-state index in [1.54, 1.807) is 12.1 Å². The number of rotatable bonds is 6. The third-order valence-corrected chi connectivity index (χ3v) is 5.11. The first-order valence-corrected chi connectivity index (χ1v) is 9.60. The minimum atomic E-state index is -0.447. The van der Waals surface area contributed by atoms with Gasteiger partial charge in [-0.1, -0.05) is 22.4 Å². The van der Waals surface area contributed by atoms with Gasteiger partial charge in [0.15, 0.2) is 5.76 Å². The molecule has 0 bridgehead atoms. The smallest absolute Gasteiger partial charge is 0.248 e. The molecule has 1 amide bonds. The molecule has 8 nitrogen and oxygen atoms in total. The van der Waals surface area contributed by atoms with Crippen LogP contribution < -0.4 is 5.73 Å². The molecule has 2 aliphatic rings. The van der Waals surface area contributed by atoms with Crippen LogP contribution in [0.15, 0.2) is 33.9 Å². The Morgan fingerprint density at radius 3 is 2.75 bits per heavy atom. The summed E-state index contributed by atoms with van der Waals surface area (Å²) in [4.78, 5) is 19.1. The molecule has 1 aliphatic carbocycles. The topological polar surface area (TPSA) is 103 Å². The van der Waals surface area contributed by atoms with Gasteiger partial charge in [-0.25, -0.2) is 0 Å². The van der Waals surface area contributed by atoms with Crippen molar-refractivity contribution in [2.75, 3.05) is 39.5 Å². The van der Waals surface area contributed by atoms with Crippen LogP contribution in [-0.4, -0.2) is 61.1 Å². The first-order valence-electron chi connectivity index (χ1n) is 9.60. The van der Waals surface area contributed by atoms with Crippen LogP contribution in [0.1, 0.15) is 34.5 Å². The monoisotopic (exact) mass is 384 g/mol. The Morgan fingerprint density at radius 2 is 2.00 bits per heavy atom. The van der Waals surface area contributed by atoms with E-state index in [2.05, 4.69) is 15.2 Å². The van der Waals surface area contributed by atoms with Crippen LogP contribution in [0.25, 0.3) is 11.3 Å². The van der Waals surface area contributed by atoms with E-state index in [0.717, 1.165) is 74.6 Å². The average Bonchev–Trinajstić information content (AvgIpc) is 3.17. The highest BCUT2D eigenvalue weighted by atomic mass is 16.6. The van der Waals surface area contributed by atoms with Crippen LogP contribution in [-0.2, 0) is 16.0 Å². The predicted octanol–water partition coefficient (Wildman–Crippen LogP) is 1.83. The van der Waals surface area contributed by atoms with Crippen molar-refractivity contribution in [3.8, 4) is 11.3 Å². The van der Waals surface area contributed by atoms with Gasteiger partial charge in [0.1, 0.15) is 18.0 Å². The molecule has 1 aromatic carbocycles. The highest BCUT2D eigenvalue weighted by Crippen LogP contribution is 2.31. The van der Waals surface area contributed by atoms with E-state index >= 15 is 0 Å². The first kappa shape index (κ1) is 18.6. The number of ether oxygens (including phenoxy) is 1. The number of carbonyl (C=O) groups is 1. The Labute approximate surface area is 163 Å². The highest BCUT2D eigenvalue weighted by Gasteiger charge is 2.26. The number of carbonyl (C=O) groups excluding carboxylic acids is 1. The summed E-state index contributed by atoms with van der Waals surface area (Å²) in [5.74, 6) is 0.254. The van der Waals surface area contributed by atoms with Crippen molar-refractivity contribution in [3.05, 3.63) is 41.2 Å². The number of nitrogens with two attached hydrogens (primary N) is 1. The van der Waals surface area contributed by atoms with Crippen molar-refractivity contribution in [2.24, 2.45) is 10.9 Å². The molecule has 0 radical (unpaired) electrons. The number of primary amides is 1. The Balaban J connectivity index is 1.44. The molecule has 1 saturated heterocycles. The van der Waals surface area contributed by atoms with Crippen LogP contribution in [0.4, 0.5) is 0 Å². The number of nitrogens with zero attached hydrogens (tertiary/aromatic N) is 3. The van der Waals surface area contributed by atoms with Crippen LogP contribution >= 0.6 is 0 Å². The molecule has 1 fully saturated rings. The lowest BCUT2D eigenvalue weighted by atomic mass is 9.92. The highest BCUT2D eigenvalue weighted by molar-refractivity contribution is 6.01. The molecular weight excluding hydrogens is 360 g/mol. The van der Waals surface area contributed by atoms with Crippen LogP contribution in [0.3, 0.4) is 0 Å². The summed E-state index contributed by atoms with van der Waals surface area (Å²) in [7, 11) is 0. The van der Waals surface area contributed by atoms with Crippen molar-refractivity contribution in [2.45, 2.75) is 19.3 Å². The SMILES string of the molecule is NC(=O)c1ccc(-c2noc3c2CCC/C3=N/OCCN2CCOCC2)cc1. The lowest BCUT2D eigenvalue weighted by molar-refractivity contribution is 0.0211. The Hall–Kier alpha value is -2.71. The van der Waals surface area contributed by atoms with Gasteiger partial charge in [0.2, 0.25) is 5.91 Å². The van der Waals surface area contributed by atoms with Gasteiger partial charge < -0.3 is 19.8 Å². The van der Waals surface area contributed by atoms with Crippen LogP contribution in [0.5, 0.6) is 0 Å². The second-order valence-electron chi connectivity index (χ2n) is 6.96. The molecule has 0 saturated carbocycles. The number of benzene rings is 1. The number of hydrogen-bond donors (Lipinski definition) is 1. The molecule has 2 heterocycles. The van der Waals surface area contributed by atoms with Gasteiger partial charge in [0, 0.05) is 36.3 Å². The fraction of sp³-hybridized carbons (Fsp3) is 0.450. The molecule has 1 aromatic heterocycles. The molecule has 2 N–H and O–H groups in total. The van der Waals surface area contributed by atoms with Gasteiger partial charge in [0.05, 0.1) is 13.2 Å². The van der Waals surface area contributed by atoms with E-state index < -0.39 is 5.91 Å². The van der Waals surface area contributed by atoms with E-state index in [4.69, 9.17) is 19.8 Å². The second kappa shape index (κ2) is 8.53. The number of fused-ring (bicyclic) bond motifs is 1. The number of aromatic nitrogens is 1. The van der Waals surface area contributed by atoms with Gasteiger partial charge >= 0.3 is 0 Å². The zero-order valence-electron chi connectivity index (χ0n) is 15.7. The minimum absolute atomic E-state index is 0.447. The zero-order valence-corrected chi connectivity index (χ0v) is 15.7. The van der Waals surface area contributed by atoms with Crippen molar-refractivity contribution in [3.63, 3.8) is 0 Å². The largest absolute Gasteiger partial charge is 0.394 e. The van der Waals surface area contributed by atoms with Crippen LogP contribution in [0, 0.1) is 0 Å². The van der Waals surface area contributed by atoms with Crippen molar-refractivity contribution >= 4 is 11.6 Å². The summed E-state index contributed by atoms with van der Waals surface area (Å²) in [5, 5.41) is 8.56. The Bertz CT molecular complexity index is 854. The van der Waals surface area contributed by atoms with Crippen molar-refractivity contribution in [1.82, 2.24) is 10.1 Å². The molecular formula is C20H24N4O4.